The first kappa shape index (κ1) is 17.7. The van der Waals surface area contributed by atoms with Crippen molar-refractivity contribution in [2.75, 3.05) is 18.8 Å². The van der Waals surface area contributed by atoms with E-state index in [9.17, 15) is 13.2 Å². The molecule has 2 aliphatic rings. The monoisotopic (exact) mass is 324 g/mol. The van der Waals surface area contributed by atoms with Crippen molar-refractivity contribution in [3.8, 4) is 0 Å². The molecule has 0 aromatic heterocycles. The number of carbonyl (C=O) groups is 1. The van der Waals surface area contributed by atoms with E-state index in [1.54, 1.807) is 11.8 Å². The van der Waals surface area contributed by atoms with Gasteiger partial charge in [-0.15, -0.1) is 12.4 Å². The number of nitrogens with two attached hydrogens (primary N) is 1. The molecule has 1 aliphatic heterocycles. The first-order chi connectivity index (χ1) is 8.88. The van der Waals surface area contributed by atoms with Crippen LogP contribution < -0.4 is 5.73 Å². The van der Waals surface area contributed by atoms with Crippen molar-refractivity contribution in [2.45, 2.75) is 44.4 Å². The lowest BCUT2D eigenvalue weighted by molar-refractivity contribution is -0.138. The minimum Gasteiger partial charge on any atom is -0.337 e. The van der Waals surface area contributed by atoms with Crippen LogP contribution in [-0.4, -0.2) is 49.4 Å². The van der Waals surface area contributed by atoms with Crippen LogP contribution in [0.15, 0.2) is 0 Å². The molecule has 118 valence electrons. The molecular formula is C13H25ClN2O3S. The maximum atomic E-state index is 12.6. The number of rotatable bonds is 2. The van der Waals surface area contributed by atoms with Gasteiger partial charge in [0.1, 0.15) is 0 Å². The molecule has 4 atom stereocenters. The number of sulfone groups is 1. The standard InChI is InChI=1S/C13H24N2O3S.ClH/c1-9-10(2)19(17,18)7-6-15(9)13(16)12-5-3-4-11(12)8-14;/h9-12H,3-8,14H2,1-2H3;1H/t9?,10?,11-,12-;/m1./s1. The first-order valence-electron chi connectivity index (χ1n) is 7.10. The van der Waals surface area contributed by atoms with Gasteiger partial charge in [0.15, 0.2) is 9.84 Å². The molecule has 7 heteroatoms. The van der Waals surface area contributed by atoms with Crippen LogP contribution in [0.4, 0.5) is 0 Å². The van der Waals surface area contributed by atoms with Crippen molar-refractivity contribution in [3.63, 3.8) is 0 Å². The molecule has 2 N–H and O–H groups in total. The fraction of sp³-hybridized carbons (Fsp3) is 0.923. The van der Waals surface area contributed by atoms with Crippen molar-refractivity contribution in [2.24, 2.45) is 17.6 Å². The van der Waals surface area contributed by atoms with Gasteiger partial charge < -0.3 is 10.6 Å². The van der Waals surface area contributed by atoms with Crippen LogP contribution in [0, 0.1) is 11.8 Å². The minimum atomic E-state index is -3.04. The largest absolute Gasteiger partial charge is 0.337 e. The molecule has 1 aliphatic carbocycles. The molecule has 5 nitrogen and oxygen atoms in total. The van der Waals surface area contributed by atoms with Gasteiger partial charge in [0, 0.05) is 18.5 Å². The van der Waals surface area contributed by atoms with Crippen molar-refractivity contribution in [1.82, 2.24) is 4.90 Å². The average molecular weight is 325 g/mol. The zero-order valence-electron chi connectivity index (χ0n) is 12.1. The summed E-state index contributed by atoms with van der Waals surface area (Å²) in [6.07, 6.45) is 2.96. The highest BCUT2D eigenvalue weighted by Gasteiger charge is 2.42. The Morgan fingerprint density at radius 1 is 1.30 bits per heavy atom. The molecule has 20 heavy (non-hydrogen) atoms. The lowest BCUT2D eigenvalue weighted by atomic mass is 9.94. The summed E-state index contributed by atoms with van der Waals surface area (Å²) in [6.45, 7) is 4.42. The maximum absolute atomic E-state index is 12.6. The van der Waals surface area contributed by atoms with Crippen molar-refractivity contribution in [3.05, 3.63) is 0 Å². The van der Waals surface area contributed by atoms with Crippen LogP contribution in [0.2, 0.25) is 0 Å². The molecule has 0 spiro atoms. The van der Waals surface area contributed by atoms with Crippen LogP contribution in [-0.2, 0) is 14.6 Å². The maximum Gasteiger partial charge on any atom is 0.226 e. The number of nitrogens with zero attached hydrogens (tertiary/aromatic N) is 1. The quantitative estimate of drug-likeness (QED) is 0.815. The normalized spacial score (nSPS) is 36.5. The van der Waals surface area contributed by atoms with Crippen molar-refractivity contribution < 1.29 is 13.2 Å². The Balaban J connectivity index is 0.00000200. The number of halogens is 1. The Labute approximate surface area is 127 Å². The number of carbonyl (C=O) groups excluding carboxylic acids is 1. The third-order valence-electron chi connectivity index (χ3n) is 4.92. The summed E-state index contributed by atoms with van der Waals surface area (Å²) < 4.78 is 23.7. The van der Waals surface area contributed by atoms with Gasteiger partial charge in [-0.05, 0) is 39.2 Å². The van der Waals surface area contributed by atoms with Gasteiger partial charge in [-0.25, -0.2) is 8.42 Å². The van der Waals surface area contributed by atoms with Crippen LogP contribution in [0.3, 0.4) is 0 Å². The van der Waals surface area contributed by atoms with Gasteiger partial charge >= 0.3 is 0 Å². The van der Waals surface area contributed by atoms with E-state index in [1.165, 1.54) is 0 Å². The summed E-state index contributed by atoms with van der Waals surface area (Å²) >= 11 is 0. The second-order valence-corrected chi connectivity index (χ2v) is 8.36. The molecule has 1 amide bonds. The van der Waals surface area contributed by atoms with Gasteiger partial charge in [0.2, 0.25) is 5.91 Å². The molecule has 1 heterocycles. The molecule has 1 saturated carbocycles. The Hall–Kier alpha value is -0.330. The lowest BCUT2D eigenvalue weighted by Crippen LogP contribution is -2.56. The molecule has 0 aromatic rings. The molecule has 0 bridgehead atoms. The topological polar surface area (TPSA) is 80.5 Å². The van der Waals surface area contributed by atoms with E-state index in [0.29, 0.717) is 13.1 Å². The van der Waals surface area contributed by atoms with Gasteiger partial charge in [-0.1, -0.05) is 6.42 Å². The minimum absolute atomic E-state index is 0. The predicted molar refractivity (Wildman–Crippen MR) is 81.6 cm³/mol. The smallest absolute Gasteiger partial charge is 0.226 e. The summed E-state index contributed by atoms with van der Waals surface area (Å²) in [4.78, 5) is 14.4. The summed E-state index contributed by atoms with van der Waals surface area (Å²) in [5.41, 5.74) is 5.73. The second kappa shape index (κ2) is 6.62. The first-order valence-corrected chi connectivity index (χ1v) is 8.82. The fourth-order valence-corrected chi connectivity index (χ4v) is 4.91. The summed E-state index contributed by atoms with van der Waals surface area (Å²) in [7, 11) is -3.04. The highest BCUT2D eigenvalue weighted by Crippen LogP contribution is 2.34. The number of hydrogen-bond acceptors (Lipinski definition) is 4. The van der Waals surface area contributed by atoms with Gasteiger partial charge in [-0.3, -0.25) is 4.79 Å². The Bertz CT molecular complexity index is 455. The van der Waals surface area contributed by atoms with E-state index in [-0.39, 0.29) is 41.9 Å². The van der Waals surface area contributed by atoms with Crippen LogP contribution in [0.5, 0.6) is 0 Å². The van der Waals surface area contributed by atoms with E-state index in [1.807, 2.05) is 6.92 Å². The second-order valence-electron chi connectivity index (χ2n) is 5.88. The van der Waals surface area contributed by atoms with Crippen LogP contribution in [0.1, 0.15) is 33.1 Å². The molecule has 0 aromatic carbocycles. The summed E-state index contributed by atoms with van der Waals surface area (Å²) in [5.74, 6) is 0.473. The van der Waals surface area contributed by atoms with E-state index in [2.05, 4.69) is 0 Å². The number of hydrogen-bond donors (Lipinski definition) is 1. The Kier molecular flexibility index (Phi) is 5.87. The Morgan fingerprint density at radius 2 is 1.95 bits per heavy atom. The van der Waals surface area contributed by atoms with E-state index < -0.39 is 15.1 Å². The van der Waals surface area contributed by atoms with E-state index in [0.717, 1.165) is 19.3 Å². The van der Waals surface area contributed by atoms with Crippen LogP contribution in [0.25, 0.3) is 0 Å². The number of amides is 1. The highest BCUT2D eigenvalue weighted by atomic mass is 35.5. The van der Waals surface area contributed by atoms with Gasteiger partial charge in [0.05, 0.1) is 11.0 Å². The zero-order chi connectivity index (χ0) is 14.2. The third kappa shape index (κ3) is 3.12. The zero-order valence-corrected chi connectivity index (χ0v) is 13.8. The van der Waals surface area contributed by atoms with Gasteiger partial charge in [-0.2, -0.15) is 0 Å². The molecule has 2 fully saturated rings. The average Bonchev–Trinajstić information content (AvgIpc) is 2.84. The van der Waals surface area contributed by atoms with E-state index >= 15 is 0 Å². The van der Waals surface area contributed by atoms with Crippen molar-refractivity contribution >= 4 is 28.2 Å². The SMILES string of the molecule is CC1C(C)S(=O)(=O)CCN1C(=O)[C@@H]1CCC[C@@H]1CN.Cl. The fourth-order valence-electron chi connectivity index (χ4n) is 3.34. The Morgan fingerprint density at radius 3 is 2.55 bits per heavy atom. The molecular weight excluding hydrogens is 300 g/mol. The van der Waals surface area contributed by atoms with E-state index in [4.69, 9.17) is 5.73 Å². The van der Waals surface area contributed by atoms with Crippen LogP contribution >= 0.6 is 12.4 Å². The predicted octanol–water partition coefficient (Wildman–Crippen LogP) is 0.817. The van der Waals surface area contributed by atoms with Crippen molar-refractivity contribution in [1.29, 1.82) is 0 Å². The third-order valence-corrected chi connectivity index (χ3v) is 7.19. The summed E-state index contributed by atoms with van der Waals surface area (Å²) in [6, 6.07) is -0.231. The summed E-state index contributed by atoms with van der Waals surface area (Å²) in [5, 5.41) is -0.470. The van der Waals surface area contributed by atoms with Gasteiger partial charge in [0.25, 0.3) is 0 Å². The molecule has 0 radical (unpaired) electrons. The molecule has 2 unspecified atom stereocenters. The highest BCUT2D eigenvalue weighted by molar-refractivity contribution is 7.92. The lowest BCUT2D eigenvalue weighted by Gasteiger charge is -2.39. The molecule has 2 rings (SSSR count). The molecule has 1 saturated heterocycles.